The first kappa shape index (κ1) is 18.4. The Kier molecular flexibility index (Phi) is 5.35. The zero-order chi connectivity index (χ0) is 18.6. The molecule has 0 fully saturated rings. The van der Waals surface area contributed by atoms with Crippen molar-refractivity contribution < 1.29 is 23.4 Å². The van der Waals surface area contributed by atoms with Crippen LogP contribution in [0.1, 0.15) is 12.5 Å². The number of aromatic hydroxyl groups is 2. The van der Waals surface area contributed by atoms with E-state index in [-0.39, 0.29) is 27.4 Å². The van der Waals surface area contributed by atoms with Crippen molar-refractivity contribution in [3.63, 3.8) is 0 Å². The first-order valence-corrected chi connectivity index (χ1v) is 9.21. The van der Waals surface area contributed by atoms with E-state index in [1.54, 1.807) is 6.07 Å². The van der Waals surface area contributed by atoms with Crippen LogP contribution in [0.4, 0.5) is 5.13 Å². The Balaban J connectivity index is 2.22. The number of phenols is 2. The summed E-state index contributed by atoms with van der Waals surface area (Å²) in [6, 6.07) is 5.48. The molecular formula is C14H12N4O5S2. The summed E-state index contributed by atoms with van der Waals surface area (Å²) in [5.41, 5.74) is 0.00806. The molecule has 2 rings (SSSR count). The largest absolute Gasteiger partial charge is 0.504 e. The third-order valence-corrected chi connectivity index (χ3v) is 5.21. The number of sulfone groups is 1. The topological polar surface area (TPSA) is 153 Å². The molecule has 0 spiro atoms. The predicted molar refractivity (Wildman–Crippen MR) is 89.6 cm³/mol. The maximum Gasteiger partial charge on any atom is 0.268 e. The van der Waals surface area contributed by atoms with Crippen molar-refractivity contribution in [3.8, 4) is 17.6 Å². The summed E-state index contributed by atoms with van der Waals surface area (Å²) in [6.07, 6.45) is 1.19. The maximum atomic E-state index is 12.1. The van der Waals surface area contributed by atoms with Gasteiger partial charge in [-0.2, -0.15) is 14.6 Å². The Morgan fingerprint density at radius 2 is 2.12 bits per heavy atom. The van der Waals surface area contributed by atoms with E-state index in [9.17, 15) is 23.4 Å². The summed E-state index contributed by atoms with van der Waals surface area (Å²) in [5, 5.41) is 29.6. The quantitative estimate of drug-likeness (QED) is 0.398. The molecule has 0 aliphatic heterocycles. The standard InChI is InChI=1S/C14H12N4O5S2/c1-2-25(22,23)14-17-13(24-18-14)16-12(21)9(7-15)5-8-3-4-10(19)11(20)6-8/h3-6,19-20H,2H2,1H3,(H,16,17,18,21). The molecule has 0 atom stereocenters. The second-order valence-corrected chi connectivity index (χ2v) is 7.58. The van der Waals surface area contributed by atoms with Crippen LogP contribution in [0.3, 0.4) is 0 Å². The number of hydrogen-bond donors (Lipinski definition) is 3. The summed E-state index contributed by atoms with van der Waals surface area (Å²) in [5.74, 6) is -1.72. The molecule has 1 aromatic carbocycles. The van der Waals surface area contributed by atoms with E-state index in [0.717, 1.165) is 0 Å². The summed E-state index contributed by atoms with van der Waals surface area (Å²) in [6.45, 7) is 1.44. The SMILES string of the molecule is CCS(=O)(=O)c1nsc(NC(=O)C(C#N)=Cc2ccc(O)c(O)c2)n1. The van der Waals surface area contributed by atoms with Gasteiger partial charge in [0.05, 0.1) is 5.75 Å². The number of carbonyl (C=O) groups is 1. The molecule has 3 N–H and O–H groups in total. The normalized spacial score (nSPS) is 11.8. The number of rotatable bonds is 5. The number of carbonyl (C=O) groups excluding carboxylic acids is 1. The number of nitrogens with one attached hydrogen (secondary N) is 1. The van der Waals surface area contributed by atoms with E-state index in [1.807, 2.05) is 0 Å². The highest BCUT2D eigenvalue weighted by atomic mass is 32.2. The lowest BCUT2D eigenvalue weighted by Crippen LogP contribution is -2.13. The number of nitriles is 1. The van der Waals surface area contributed by atoms with Crippen LogP contribution in [-0.2, 0) is 14.6 Å². The van der Waals surface area contributed by atoms with Crippen molar-refractivity contribution in [2.45, 2.75) is 12.1 Å². The van der Waals surface area contributed by atoms with Gasteiger partial charge < -0.3 is 10.2 Å². The maximum absolute atomic E-state index is 12.1. The Hall–Kier alpha value is -2.97. The zero-order valence-corrected chi connectivity index (χ0v) is 14.4. The third kappa shape index (κ3) is 4.31. The summed E-state index contributed by atoms with van der Waals surface area (Å²) in [4.78, 5) is 15.8. The molecule has 1 aromatic heterocycles. The fourth-order valence-electron chi connectivity index (χ4n) is 1.63. The predicted octanol–water partition coefficient (Wildman–Crippen LogP) is 1.29. The van der Waals surface area contributed by atoms with Crippen LogP contribution >= 0.6 is 11.5 Å². The number of nitrogens with zero attached hydrogens (tertiary/aromatic N) is 3. The minimum atomic E-state index is -3.59. The van der Waals surface area contributed by atoms with Crippen LogP contribution in [-0.4, -0.2) is 39.6 Å². The van der Waals surface area contributed by atoms with E-state index in [1.165, 1.54) is 31.2 Å². The monoisotopic (exact) mass is 380 g/mol. The molecule has 0 radical (unpaired) electrons. The fraction of sp³-hybridized carbons (Fsp3) is 0.143. The van der Waals surface area contributed by atoms with Gasteiger partial charge in [0.1, 0.15) is 11.6 Å². The van der Waals surface area contributed by atoms with Gasteiger partial charge in [0.15, 0.2) is 11.5 Å². The van der Waals surface area contributed by atoms with Gasteiger partial charge in [-0.15, -0.1) is 0 Å². The van der Waals surface area contributed by atoms with Crippen molar-refractivity contribution in [1.29, 1.82) is 5.26 Å². The van der Waals surface area contributed by atoms with Crippen molar-refractivity contribution in [2.75, 3.05) is 11.1 Å². The summed E-state index contributed by atoms with van der Waals surface area (Å²) in [7, 11) is -3.59. The van der Waals surface area contributed by atoms with Gasteiger partial charge >= 0.3 is 0 Å². The minimum absolute atomic E-state index is 0.0632. The van der Waals surface area contributed by atoms with Gasteiger partial charge in [-0.25, -0.2) is 8.42 Å². The lowest BCUT2D eigenvalue weighted by molar-refractivity contribution is -0.112. The number of hydrogen-bond acceptors (Lipinski definition) is 9. The van der Waals surface area contributed by atoms with Crippen LogP contribution in [0.5, 0.6) is 11.5 Å². The summed E-state index contributed by atoms with van der Waals surface area (Å²) >= 11 is 0.677. The highest BCUT2D eigenvalue weighted by Crippen LogP contribution is 2.26. The van der Waals surface area contributed by atoms with Crippen LogP contribution in [0.25, 0.3) is 6.08 Å². The van der Waals surface area contributed by atoms with Crippen molar-refractivity contribution in [2.24, 2.45) is 0 Å². The number of amides is 1. The molecule has 9 nitrogen and oxygen atoms in total. The van der Waals surface area contributed by atoms with Gasteiger partial charge in [-0.3, -0.25) is 10.1 Å². The Morgan fingerprint density at radius 1 is 1.40 bits per heavy atom. The number of anilines is 1. The number of benzene rings is 1. The molecule has 1 amide bonds. The van der Waals surface area contributed by atoms with Crippen molar-refractivity contribution in [1.82, 2.24) is 9.36 Å². The number of phenolic OH excluding ortho intramolecular Hbond substituents is 2. The van der Waals surface area contributed by atoms with E-state index in [4.69, 9.17) is 5.26 Å². The molecule has 0 bridgehead atoms. The highest BCUT2D eigenvalue weighted by Gasteiger charge is 2.20. The molecular weight excluding hydrogens is 368 g/mol. The molecule has 2 aromatic rings. The third-order valence-electron chi connectivity index (χ3n) is 2.96. The smallest absolute Gasteiger partial charge is 0.268 e. The van der Waals surface area contributed by atoms with E-state index >= 15 is 0 Å². The van der Waals surface area contributed by atoms with E-state index < -0.39 is 21.5 Å². The molecule has 0 saturated carbocycles. The average Bonchev–Trinajstić information content (AvgIpc) is 3.05. The Bertz CT molecular complexity index is 989. The fourth-order valence-corrected chi connectivity index (χ4v) is 3.21. The highest BCUT2D eigenvalue weighted by molar-refractivity contribution is 7.91. The number of aromatic nitrogens is 2. The van der Waals surface area contributed by atoms with Gasteiger partial charge in [-0.1, -0.05) is 13.0 Å². The molecule has 0 unspecified atom stereocenters. The molecule has 130 valence electrons. The zero-order valence-electron chi connectivity index (χ0n) is 12.8. The molecule has 25 heavy (non-hydrogen) atoms. The van der Waals surface area contributed by atoms with Gasteiger partial charge in [0.2, 0.25) is 15.0 Å². The van der Waals surface area contributed by atoms with Crippen molar-refractivity contribution >= 4 is 38.5 Å². The lowest BCUT2D eigenvalue weighted by Gasteiger charge is -2.01. The van der Waals surface area contributed by atoms with Gasteiger partial charge in [0, 0.05) is 11.5 Å². The first-order chi connectivity index (χ1) is 11.8. The lowest BCUT2D eigenvalue weighted by atomic mass is 10.1. The Labute approximate surface area is 147 Å². The van der Waals surface area contributed by atoms with Crippen molar-refractivity contribution in [3.05, 3.63) is 29.3 Å². The van der Waals surface area contributed by atoms with Crippen LogP contribution < -0.4 is 5.32 Å². The second kappa shape index (κ2) is 7.29. The van der Waals surface area contributed by atoms with Crippen LogP contribution in [0.15, 0.2) is 28.9 Å². The molecule has 1 heterocycles. The summed E-state index contributed by atoms with van der Waals surface area (Å²) < 4.78 is 27.0. The first-order valence-electron chi connectivity index (χ1n) is 6.78. The molecule has 11 heteroatoms. The minimum Gasteiger partial charge on any atom is -0.504 e. The average molecular weight is 380 g/mol. The van der Waals surface area contributed by atoms with Crippen LogP contribution in [0.2, 0.25) is 0 Å². The molecule has 0 aliphatic carbocycles. The van der Waals surface area contributed by atoms with E-state index in [2.05, 4.69) is 14.7 Å². The molecule has 0 aliphatic rings. The van der Waals surface area contributed by atoms with Gasteiger partial charge in [0.25, 0.3) is 11.1 Å². The van der Waals surface area contributed by atoms with Crippen LogP contribution in [0, 0.1) is 11.3 Å². The van der Waals surface area contributed by atoms with E-state index in [0.29, 0.717) is 17.1 Å². The van der Waals surface area contributed by atoms with Gasteiger partial charge in [-0.05, 0) is 23.8 Å². The second-order valence-electron chi connectivity index (χ2n) is 4.66. The Morgan fingerprint density at radius 3 is 2.72 bits per heavy atom. The molecule has 0 saturated heterocycles.